The fraction of sp³-hybridized carbons (Fsp3) is 1.00. The number of methoxy groups -OCH3 is 2. The molecule has 0 aromatic rings. The first-order valence-corrected chi connectivity index (χ1v) is 4.25. The quantitative estimate of drug-likeness (QED) is 0.590. The average Bonchev–Trinajstić information content (AvgIpc) is 2.09. The van der Waals surface area contributed by atoms with Crippen molar-refractivity contribution in [2.75, 3.05) is 14.2 Å². The second-order valence-corrected chi connectivity index (χ2v) is 3.35. The van der Waals surface area contributed by atoms with Crippen molar-refractivity contribution in [1.82, 2.24) is 0 Å². The number of rotatable bonds is 2. The molecule has 0 spiro atoms. The van der Waals surface area contributed by atoms with Gasteiger partial charge in [-0.25, -0.2) is 0 Å². The Morgan fingerprint density at radius 3 is 1.50 bits per heavy atom. The predicted molar refractivity (Wildman–Crippen MR) is 46.8 cm³/mol. The van der Waals surface area contributed by atoms with Crippen molar-refractivity contribution in [2.24, 2.45) is 11.5 Å². The first kappa shape index (κ1) is 9.92. The van der Waals surface area contributed by atoms with Crippen LogP contribution < -0.4 is 11.5 Å². The summed E-state index contributed by atoms with van der Waals surface area (Å²) >= 11 is 0. The second kappa shape index (κ2) is 4.18. The zero-order valence-electron chi connectivity index (χ0n) is 7.69. The maximum atomic E-state index is 5.80. The lowest BCUT2D eigenvalue weighted by molar-refractivity contribution is -0.0659. The van der Waals surface area contributed by atoms with Gasteiger partial charge < -0.3 is 20.9 Å². The van der Waals surface area contributed by atoms with Crippen LogP contribution in [0.3, 0.4) is 0 Å². The molecule has 12 heavy (non-hydrogen) atoms. The molecular formula is C8H18N2O2. The maximum Gasteiger partial charge on any atom is 0.0848 e. The van der Waals surface area contributed by atoms with Crippen LogP contribution in [0.1, 0.15) is 12.8 Å². The summed E-state index contributed by atoms with van der Waals surface area (Å²) in [6, 6.07) is 0.0858. The third-order valence-electron chi connectivity index (χ3n) is 2.58. The normalized spacial score (nSPS) is 43.0. The van der Waals surface area contributed by atoms with E-state index in [0.717, 1.165) is 12.8 Å². The summed E-state index contributed by atoms with van der Waals surface area (Å²) in [6.07, 6.45) is 1.78. The molecule has 1 rings (SSSR count). The Labute approximate surface area is 73.2 Å². The Kier molecular flexibility index (Phi) is 3.46. The molecule has 4 heteroatoms. The average molecular weight is 174 g/mol. The summed E-state index contributed by atoms with van der Waals surface area (Å²) in [7, 11) is 3.36. The Balaban J connectivity index is 2.52. The fourth-order valence-corrected chi connectivity index (χ4v) is 1.69. The van der Waals surface area contributed by atoms with Crippen molar-refractivity contribution in [1.29, 1.82) is 0 Å². The minimum absolute atomic E-state index is 0.0429. The summed E-state index contributed by atoms with van der Waals surface area (Å²) in [5, 5.41) is 0. The van der Waals surface area contributed by atoms with Gasteiger partial charge in [0.2, 0.25) is 0 Å². The number of nitrogens with two attached hydrogens (primary N) is 2. The van der Waals surface area contributed by atoms with E-state index in [0.29, 0.717) is 0 Å². The Morgan fingerprint density at radius 2 is 1.25 bits per heavy atom. The zero-order valence-corrected chi connectivity index (χ0v) is 7.69. The van der Waals surface area contributed by atoms with Gasteiger partial charge in [-0.2, -0.15) is 0 Å². The van der Waals surface area contributed by atoms with Gasteiger partial charge in [0.1, 0.15) is 0 Å². The van der Waals surface area contributed by atoms with Gasteiger partial charge in [0.05, 0.1) is 12.2 Å². The van der Waals surface area contributed by atoms with Crippen LogP contribution in [0.2, 0.25) is 0 Å². The molecule has 0 amide bonds. The van der Waals surface area contributed by atoms with E-state index in [1.165, 1.54) is 0 Å². The van der Waals surface area contributed by atoms with Crippen LogP contribution in [0.4, 0.5) is 0 Å². The molecular weight excluding hydrogens is 156 g/mol. The Morgan fingerprint density at radius 1 is 0.917 bits per heavy atom. The first-order chi connectivity index (χ1) is 5.69. The molecule has 1 aliphatic rings. The van der Waals surface area contributed by atoms with E-state index in [4.69, 9.17) is 20.9 Å². The molecule has 4 nitrogen and oxygen atoms in total. The van der Waals surface area contributed by atoms with Crippen LogP contribution in [-0.4, -0.2) is 38.5 Å². The molecule has 0 aromatic heterocycles. The molecule has 0 saturated heterocycles. The highest BCUT2D eigenvalue weighted by Crippen LogP contribution is 2.21. The summed E-state index contributed by atoms with van der Waals surface area (Å²) in [5.41, 5.74) is 11.6. The van der Waals surface area contributed by atoms with Gasteiger partial charge in [0, 0.05) is 26.3 Å². The van der Waals surface area contributed by atoms with Crippen LogP contribution in [0, 0.1) is 0 Å². The van der Waals surface area contributed by atoms with Gasteiger partial charge in [-0.15, -0.1) is 0 Å². The standard InChI is InChI=1S/C8H18N2O2/c1-11-7-3-5(9)6(10)4-8(7)12-2/h5-8H,3-4,9-10H2,1-2H3/t5-,6+,7?,8?. The van der Waals surface area contributed by atoms with Crippen LogP contribution in [0.25, 0.3) is 0 Å². The monoisotopic (exact) mass is 174 g/mol. The smallest absolute Gasteiger partial charge is 0.0848 e. The Bertz CT molecular complexity index is 127. The van der Waals surface area contributed by atoms with E-state index < -0.39 is 0 Å². The molecule has 72 valence electrons. The van der Waals surface area contributed by atoms with E-state index in [1.807, 2.05) is 0 Å². The van der Waals surface area contributed by atoms with Gasteiger partial charge in [-0.3, -0.25) is 0 Å². The summed E-state index contributed by atoms with van der Waals surface area (Å²) < 4.78 is 10.5. The lowest BCUT2D eigenvalue weighted by Gasteiger charge is -2.36. The third kappa shape index (κ3) is 1.95. The minimum Gasteiger partial charge on any atom is -0.379 e. The summed E-state index contributed by atoms with van der Waals surface area (Å²) in [4.78, 5) is 0. The highest BCUT2D eigenvalue weighted by molar-refractivity contribution is 4.91. The highest BCUT2D eigenvalue weighted by Gasteiger charge is 2.33. The van der Waals surface area contributed by atoms with E-state index in [1.54, 1.807) is 14.2 Å². The second-order valence-electron chi connectivity index (χ2n) is 3.35. The fourth-order valence-electron chi connectivity index (χ4n) is 1.69. The molecule has 1 aliphatic carbocycles. The van der Waals surface area contributed by atoms with E-state index >= 15 is 0 Å². The van der Waals surface area contributed by atoms with Gasteiger partial charge >= 0.3 is 0 Å². The van der Waals surface area contributed by atoms with E-state index in [2.05, 4.69) is 0 Å². The number of hydrogen-bond donors (Lipinski definition) is 2. The van der Waals surface area contributed by atoms with Gasteiger partial charge in [-0.05, 0) is 12.8 Å². The minimum atomic E-state index is 0.0429. The Hall–Kier alpha value is -0.160. The number of ether oxygens (including phenoxy) is 2. The first-order valence-electron chi connectivity index (χ1n) is 4.25. The maximum absolute atomic E-state index is 5.80. The van der Waals surface area contributed by atoms with Crippen molar-refractivity contribution >= 4 is 0 Å². The van der Waals surface area contributed by atoms with Crippen molar-refractivity contribution in [2.45, 2.75) is 37.1 Å². The molecule has 0 aromatic carbocycles. The topological polar surface area (TPSA) is 70.5 Å². The summed E-state index contributed by atoms with van der Waals surface area (Å²) in [6.45, 7) is 0. The molecule has 0 heterocycles. The summed E-state index contributed by atoms with van der Waals surface area (Å²) in [5.74, 6) is 0. The molecule has 4 N–H and O–H groups in total. The molecule has 1 saturated carbocycles. The van der Waals surface area contributed by atoms with E-state index in [9.17, 15) is 0 Å². The van der Waals surface area contributed by atoms with Gasteiger partial charge in [-0.1, -0.05) is 0 Å². The van der Waals surface area contributed by atoms with Crippen LogP contribution in [0.5, 0.6) is 0 Å². The zero-order chi connectivity index (χ0) is 9.14. The van der Waals surface area contributed by atoms with E-state index in [-0.39, 0.29) is 24.3 Å². The SMILES string of the molecule is COC1C[C@@H](N)[C@@H](N)CC1OC. The molecule has 0 radical (unpaired) electrons. The molecule has 0 bridgehead atoms. The number of hydrogen-bond acceptors (Lipinski definition) is 4. The van der Waals surface area contributed by atoms with Crippen molar-refractivity contribution in [3.05, 3.63) is 0 Å². The molecule has 1 fully saturated rings. The molecule has 0 aliphatic heterocycles. The van der Waals surface area contributed by atoms with Crippen molar-refractivity contribution < 1.29 is 9.47 Å². The van der Waals surface area contributed by atoms with Crippen molar-refractivity contribution in [3.8, 4) is 0 Å². The van der Waals surface area contributed by atoms with Crippen molar-refractivity contribution in [3.63, 3.8) is 0 Å². The lowest BCUT2D eigenvalue weighted by Crippen LogP contribution is -2.53. The highest BCUT2D eigenvalue weighted by atomic mass is 16.5. The molecule has 2 unspecified atom stereocenters. The lowest BCUT2D eigenvalue weighted by atomic mass is 9.87. The van der Waals surface area contributed by atoms with Crippen LogP contribution >= 0.6 is 0 Å². The molecule has 4 atom stereocenters. The van der Waals surface area contributed by atoms with Crippen LogP contribution in [-0.2, 0) is 9.47 Å². The van der Waals surface area contributed by atoms with Crippen LogP contribution in [0.15, 0.2) is 0 Å². The van der Waals surface area contributed by atoms with Gasteiger partial charge in [0.15, 0.2) is 0 Å². The predicted octanol–water partition coefficient (Wildman–Crippen LogP) is -0.535. The third-order valence-corrected chi connectivity index (χ3v) is 2.58. The largest absolute Gasteiger partial charge is 0.379 e. The van der Waals surface area contributed by atoms with Gasteiger partial charge in [0.25, 0.3) is 0 Å².